The summed E-state index contributed by atoms with van der Waals surface area (Å²) >= 11 is 0. The van der Waals surface area contributed by atoms with Gasteiger partial charge in [0.1, 0.15) is 5.60 Å². The first kappa shape index (κ1) is 21.1. The minimum Gasteiger partial charge on any atom is -0.444 e. The second kappa shape index (κ2) is 7.95. The number of fused-ring (bicyclic) bond motifs is 1. The zero-order valence-corrected chi connectivity index (χ0v) is 19.0. The fourth-order valence-corrected chi connectivity index (χ4v) is 4.67. The van der Waals surface area contributed by atoms with Crippen molar-refractivity contribution in [3.05, 3.63) is 24.4 Å². The molecule has 3 aliphatic heterocycles. The Kier molecular flexibility index (Phi) is 5.23. The van der Waals surface area contributed by atoms with Gasteiger partial charge in [0.15, 0.2) is 0 Å². The number of urea groups is 1. The molecule has 0 aliphatic carbocycles. The quantitative estimate of drug-likeness (QED) is 0.731. The first-order valence-electron chi connectivity index (χ1n) is 11.4. The predicted octanol–water partition coefficient (Wildman–Crippen LogP) is 3.25. The van der Waals surface area contributed by atoms with Crippen LogP contribution in [0, 0.1) is 0 Å². The Morgan fingerprint density at radius 1 is 1.09 bits per heavy atom. The normalized spacial score (nSPS) is 20.8. The van der Waals surface area contributed by atoms with Gasteiger partial charge in [0.25, 0.3) is 0 Å². The molecule has 0 bridgehead atoms. The van der Waals surface area contributed by atoms with E-state index in [1.54, 1.807) is 4.90 Å². The van der Waals surface area contributed by atoms with Crippen LogP contribution in [0.15, 0.2) is 24.4 Å². The summed E-state index contributed by atoms with van der Waals surface area (Å²) in [6.45, 7) is 9.56. The number of carbonyl (C=O) groups excluding carboxylic acids is 2. The van der Waals surface area contributed by atoms with Crippen molar-refractivity contribution in [1.82, 2.24) is 19.6 Å². The number of nitrogens with zero attached hydrogens (tertiary/aromatic N) is 5. The van der Waals surface area contributed by atoms with Gasteiger partial charge < -0.3 is 19.3 Å². The highest BCUT2D eigenvalue weighted by atomic mass is 16.6. The van der Waals surface area contributed by atoms with Gasteiger partial charge >= 0.3 is 12.1 Å². The van der Waals surface area contributed by atoms with E-state index in [-0.39, 0.29) is 24.2 Å². The number of anilines is 1. The lowest BCUT2D eigenvalue weighted by Gasteiger charge is -2.37. The number of aromatic nitrogens is 2. The van der Waals surface area contributed by atoms with Crippen LogP contribution in [0.1, 0.15) is 39.7 Å². The molecule has 0 saturated carbocycles. The fraction of sp³-hybridized carbons (Fsp3) is 0.609. The topological polar surface area (TPSA) is 80.1 Å². The third-order valence-electron chi connectivity index (χ3n) is 6.46. The molecule has 0 N–H and O–H groups in total. The molecule has 172 valence electrons. The summed E-state index contributed by atoms with van der Waals surface area (Å²) in [5, 5.41) is 5.58. The standard InChI is InChI=1S/C23H31N5O4/c1-23(2,3)32-22(30)25-8-6-17(7-9-25)26-10-11-27(21(26)29)18-5-4-16-13-24-28(20(16)12-18)19-14-31-15-19/h4-5,12-13,17,19H,6-11,14-15H2,1-3H3. The SMILES string of the molecule is CC(C)(C)OC(=O)N1CCC(N2CCN(c3ccc4cnn(C5COC5)c4c3)C2=O)CC1. The van der Waals surface area contributed by atoms with Crippen molar-refractivity contribution in [3.63, 3.8) is 0 Å². The molecule has 3 saturated heterocycles. The molecular formula is C23H31N5O4. The largest absolute Gasteiger partial charge is 0.444 e. The lowest BCUT2D eigenvalue weighted by atomic mass is 10.0. The van der Waals surface area contributed by atoms with Gasteiger partial charge in [0, 0.05) is 43.3 Å². The molecule has 0 unspecified atom stereocenters. The van der Waals surface area contributed by atoms with E-state index in [1.165, 1.54) is 0 Å². The highest BCUT2D eigenvalue weighted by molar-refractivity contribution is 5.96. The molecule has 2 aromatic rings. The number of amides is 3. The molecular weight excluding hydrogens is 410 g/mol. The summed E-state index contributed by atoms with van der Waals surface area (Å²) in [6, 6.07) is 6.54. The van der Waals surface area contributed by atoms with Crippen LogP contribution in [-0.4, -0.2) is 82.7 Å². The molecule has 3 fully saturated rings. The van der Waals surface area contributed by atoms with Gasteiger partial charge in [0.2, 0.25) is 0 Å². The Bertz CT molecular complexity index is 1020. The Hall–Kier alpha value is -2.81. The van der Waals surface area contributed by atoms with Gasteiger partial charge in [-0.2, -0.15) is 5.10 Å². The first-order valence-corrected chi connectivity index (χ1v) is 11.4. The third kappa shape index (κ3) is 3.90. The van der Waals surface area contributed by atoms with Crippen LogP contribution in [-0.2, 0) is 9.47 Å². The fourth-order valence-electron chi connectivity index (χ4n) is 4.67. The summed E-state index contributed by atoms with van der Waals surface area (Å²) in [4.78, 5) is 31.2. The van der Waals surface area contributed by atoms with Crippen molar-refractivity contribution < 1.29 is 19.1 Å². The van der Waals surface area contributed by atoms with E-state index < -0.39 is 5.60 Å². The summed E-state index contributed by atoms with van der Waals surface area (Å²) in [7, 11) is 0. The molecule has 0 radical (unpaired) electrons. The minimum absolute atomic E-state index is 0.0399. The van der Waals surface area contributed by atoms with E-state index in [9.17, 15) is 9.59 Å². The van der Waals surface area contributed by atoms with E-state index in [0.717, 1.165) is 29.4 Å². The van der Waals surface area contributed by atoms with Crippen LogP contribution < -0.4 is 4.90 Å². The van der Waals surface area contributed by atoms with Gasteiger partial charge in [-0.3, -0.25) is 9.58 Å². The summed E-state index contributed by atoms with van der Waals surface area (Å²) < 4.78 is 12.8. The van der Waals surface area contributed by atoms with E-state index in [4.69, 9.17) is 9.47 Å². The highest BCUT2D eigenvalue weighted by Gasteiger charge is 2.37. The zero-order chi connectivity index (χ0) is 22.5. The Balaban J connectivity index is 1.24. The number of likely N-dealkylation sites (tertiary alicyclic amines) is 1. The molecule has 0 atom stereocenters. The van der Waals surface area contributed by atoms with Crippen LogP contribution in [0.3, 0.4) is 0 Å². The maximum absolute atomic E-state index is 13.3. The van der Waals surface area contributed by atoms with E-state index >= 15 is 0 Å². The smallest absolute Gasteiger partial charge is 0.410 e. The minimum atomic E-state index is -0.499. The van der Waals surface area contributed by atoms with Crippen molar-refractivity contribution in [3.8, 4) is 0 Å². The molecule has 32 heavy (non-hydrogen) atoms. The van der Waals surface area contributed by atoms with Crippen LogP contribution in [0.5, 0.6) is 0 Å². The van der Waals surface area contributed by atoms with Crippen LogP contribution in [0.2, 0.25) is 0 Å². The van der Waals surface area contributed by atoms with Gasteiger partial charge in [-0.05, 0) is 51.8 Å². The van der Waals surface area contributed by atoms with Crippen molar-refractivity contribution in [2.45, 2.75) is 51.3 Å². The molecule has 1 aromatic heterocycles. The molecule has 9 nitrogen and oxygen atoms in total. The highest BCUT2D eigenvalue weighted by Crippen LogP contribution is 2.30. The van der Waals surface area contributed by atoms with Gasteiger partial charge in [0.05, 0.1) is 31.0 Å². The number of ether oxygens (including phenoxy) is 2. The average molecular weight is 442 g/mol. The maximum atomic E-state index is 13.3. The first-order chi connectivity index (χ1) is 15.3. The van der Waals surface area contributed by atoms with E-state index in [1.807, 2.05) is 53.6 Å². The second-order valence-corrected chi connectivity index (χ2v) is 9.85. The van der Waals surface area contributed by atoms with Crippen LogP contribution in [0.4, 0.5) is 15.3 Å². The van der Waals surface area contributed by atoms with Crippen molar-refractivity contribution in [1.29, 1.82) is 0 Å². The van der Waals surface area contributed by atoms with Crippen molar-refractivity contribution in [2.24, 2.45) is 0 Å². The van der Waals surface area contributed by atoms with Crippen LogP contribution in [0.25, 0.3) is 10.9 Å². The number of rotatable bonds is 3. The molecule has 4 heterocycles. The summed E-state index contributed by atoms with van der Waals surface area (Å²) in [5.74, 6) is 0. The van der Waals surface area contributed by atoms with E-state index in [2.05, 4.69) is 11.2 Å². The Morgan fingerprint density at radius 3 is 2.50 bits per heavy atom. The molecule has 9 heteroatoms. The lowest BCUT2D eigenvalue weighted by Crippen LogP contribution is -2.49. The number of hydrogen-bond donors (Lipinski definition) is 0. The molecule has 0 spiro atoms. The zero-order valence-electron chi connectivity index (χ0n) is 19.0. The summed E-state index contributed by atoms with van der Waals surface area (Å²) in [5.41, 5.74) is 1.44. The number of piperidine rings is 1. The average Bonchev–Trinajstić information content (AvgIpc) is 3.29. The number of benzene rings is 1. The van der Waals surface area contributed by atoms with Gasteiger partial charge in [-0.15, -0.1) is 0 Å². The summed E-state index contributed by atoms with van der Waals surface area (Å²) in [6.07, 6.45) is 3.14. The Morgan fingerprint density at radius 2 is 1.84 bits per heavy atom. The third-order valence-corrected chi connectivity index (χ3v) is 6.46. The predicted molar refractivity (Wildman–Crippen MR) is 120 cm³/mol. The number of carbonyl (C=O) groups is 2. The molecule has 5 rings (SSSR count). The molecule has 3 aliphatic rings. The second-order valence-electron chi connectivity index (χ2n) is 9.85. The monoisotopic (exact) mass is 441 g/mol. The van der Waals surface area contributed by atoms with Crippen molar-refractivity contribution >= 4 is 28.7 Å². The van der Waals surface area contributed by atoms with E-state index in [0.29, 0.717) is 39.4 Å². The molecule has 3 amide bonds. The van der Waals surface area contributed by atoms with Crippen molar-refractivity contribution in [2.75, 3.05) is 44.3 Å². The Labute approximate surface area is 187 Å². The van der Waals surface area contributed by atoms with Crippen LogP contribution >= 0.6 is 0 Å². The number of hydrogen-bond acceptors (Lipinski definition) is 5. The maximum Gasteiger partial charge on any atom is 0.410 e. The van der Waals surface area contributed by atoms with Gasteiger partial charge in [-0.1, -0.05) is 0 Å². The lowest BCUT2D eigenvalue weighted by molar-refractivity contribution is -0.0266. The molecule has 1 aromatic carbocycles. The van der Waals surface area contributed by atoms with Gasteiger partial charge in [-0.25, -0.2) is 9.59 Å².